The van der Waals surface area contributed by atoms with Crippen molar-refractivity contribution in [2.24, 2.45) is 11.3 Å². The van der Waals surface area contributed by atoms with Gasteiger partial charge in [0.1, 0.15) is 5.75 Å². The summed E-state index contributed by atoms with van der Waals surface area (Å²) in [7, 11) is 0. The number of nitrogens with zero attached hydrogens (tertiary/aromatic N) is 1. The van der Waals surface area contributed by atoms with Crippen LogP contribution in [0, 0.1) is 11.3 Å². The number of halogens is 3. The number of benzene rings is 1. The van der Waals surface area contributed by atoms with Gasteiger partial charge in [-0.15, -0.1) is 0 Å². The lowest BCUT2D eigenvalue weighted by Gasteiger charge is -2.18. The number of fused-ring (bicyclic) bond motifs is 1. The fourth-order valence-corrected chi connectivity index (χ4v) is 4.44. The predicted octanol–water partition coefficient (Wildman–Crippen LogP) is 4.17. The lowest BCUT2D eigenvalue weighted by Crippen LogP contribution is -2.32. The van der Waals surface area contributed by atoms with Crippen LogP contribution in [0.25, 0.3) is 10.9 Å². The van der Waals surface area contributed by atoms with Crippen LogP contribution in [0.5, 0.6) is 5.75 Å². The minimum atomic E-state index is -4.14. The molecule has 28 heavy (non-hydrogen) atoms. The molecule has 1 unspecified atom stereocenters. The summed E-state index contributed by atoms with van der Waals surface area (Å²) in [5, 5.41) is 3.64. The summed E-state index contributed by atoms with van der Waals surface area (Å²) in [4.78, 5) is 15.9. The molecule has 1 spiro atoms. The Balaban J connectivity index is 1.35. The number of aromatic amines is 1. The molecule has 1 aromatic carbocycles. The molecular formula is C20H24F3N3O2. The third-order valence-corrected chi connectivity index (χ3v) is 5.88. The van der Waals surface area contributed by atoms with E-state index in [9.17, 15) is 18.0 Å². The van der Waals surface area contributed by atoms with Crippen LogP contribution in [-0.4, -0.2) is 48.2 Å². The summed E-state index contributed by atoms with van der Waals surface area (Å²) < 4.78 is 44.0. The first-order chi connectivity index (χ1) is 13.2. The molecule has 2 N–H and O–H groups in total. The van der Waals surface area contributed by atoms with Gasteiger partial charge in [0, 0.05) is 37.1 Å². The molecule has 0 radical (unpaired) electrons. The summed E-state index contributed by atoms with van der Waals surface area (Å²) in [5.74, 6) is 0.793. The number of rotatable bonds is 6. The molecule has 152 valence electrons. The van der Waals surface area contributed by atoms with Crippen molar-refractivity contribution >= 4 is 22.5 Å². The van der Waals surface area contributed by atoms with Crippen molar-refractivity contribution in [3.05, 3.63) is 24.4 Å². The van der Waals surface area contributed by atoms with Gasteiger partial charge in [0.2, 0.25) is 5.91 Å². The van der Waals surface area contributed by atoms with E-state index in [0.29, 0.717) is 31.1 Å². The highest BCUT2D eigenvalue weighted by Crippen LogP contribution is 2.57. The highest BCUT2D eigenvalue weighted by Gasteiger charge is 2.55. The molecule has 2 aliphatic rings. The quantitative estimate of drug-likeness (QED) is 0.772. The third kappa shape index (κ3) is 4.11. The van der Waals surface area contributed by atoms with E-state index in [1.807, 2.05) is 18.2 Å². The first kappa shape index (κ1) is 19.1. The molecule has 2 heterocycles. The topological polar surface area (TPSA) is 57.4 Å². The number of likely N-dealkylation sites (tertiary alicyclic amines) is 1. The Morgan fingerprint density at radius 2 is 2.18 bits per heavy atom. The van der Waals surface area contributed by atoms with Crippen LogP contribution in [0.2, 0.25) is 0 Å². The summed E-state index contributed by atoms with van der Waals surface area (Å²) in [6.45, 7) is 2.15. The number of amides is 1. The van der Waals surface area contributed by atoms with E-state index in [1.54, 1.807) is 11.1 Å². The predicted molar refractivity (Wildman–Crippen MR) is 100 cm³/mol. The van der Waals surface area contributed by atoms with Crippen molar-refractivity contribution in [3.63, 3.8) is 0 Å². The third-order valence-electron chi connectivity index (χ3n) is 5.88. The van der Waals surface area contributed by atoms with Gasteiger partial charge in [0.15, 0.2) is 0 Å². The van der Waals surface area contributed by atoms with Crippen molar-refractivity contribution in [2.75, 3.05) is 31.6 Å². The molecule has 1 aromatic heterocycles. The van der Waals surface area contributed by atoms with Crippen LogP contribution in [0.15, 0.2) is 24.4 Å². The number of aromatic nitrogens is 1. The molecule has 1 aliphatic carbocycles. The summed E-state index contributed by atoms with van der Waals surface area (Å²) in [6, 6.07) is 5.61. The van der Waals surface area contributed by atoms with Gasteiger partial charge in [-0.2, -0.15) is 13.2 Å². The number of alkyl halides is 3. The van der Waals surface area contributed by atoms with Gasteiger partial charge >= 0.3 is 6.18 Å². The minimum Gasteiger partial charge on any atom is -0.494 e. The van der Waals surface area contributed by atoms with Crippen LogP contribution in [0.1, 0.15) is 26.2 Å². The zero-order valence-electron chi connectivity index (χ0n) is 15.7. The van der Waals surface area contributed by atoms with Crippen molar-refractivity contribution in [1.82, 2.24) is 9.88 Å². The van der Waals surface area contributed by atoms with E-state index >= 15 is 0 Å². The lowest BCUT2D eigenvalue weighted by molar-refractivity contribution is -0.144. The van der Waals surface area contributed by atoms with Crippen LogP contribution in [0.4, 0.5) is 18.9 Å². The van der Waals surface area contributed by atoms with Gasteiger partial charge < -0.3 is 15.0 Å². The highest BCUT2D eigenvalue weighted by molar-refractivity contribution is 6.01. The Hall–Kier alpha value is -2.22. The van der Waals surface area contributed by atoms with Crippen LogP contribution >= 0.6 is 0 Å². The molecule has 1 saturated carbocycles. The van der Waals surface area contributed by atoms with Crippen LogP contribution in [0.3, 0.4) is 0 Å². The summed E-state index contributed by atoms with van der Waals surface area (Å²) >= 11 is 0. The van der Waals surface area contributed by atoms with E-state index in [4.69, 9.17) is 4.74 Å². The molecule has 5 nitrogen and oxygen atoms in total. The molecule has 1 amide bonds. The number of ether oxygens (including phenoxy) is 1. The molecule has 2 aromatic rings. The smallest absolute Gasteiger partial charge is 0.401 e. The molecule has 0 bridgehead atoms. The maximum atomic E-state index is 12.7. The molecule has 4 rings (SSSR count). The minimum absolute atomic E-state index is 0.0672. The number of nitrogens with one attached hydrogen (secondary N) is 2. The van der Waals surface area contributed by atoms with Crippen molar-refractivity contribution in [2.45, 2.75) is 32.4 Å². The number of H-pyrrole nitrogens is 1. The summed E-state index contributed by atoms with van der Waals surface area (Å²) in [5.41, 5.74) is 1.66. The second kappa shape index (κ2) is 6.99. The Morgan fingerprint density at radius 1 is 1.39 bits per heavy atom. The van der Waals surface area contributed by atoms with E-state index in [-0.39, 0.29) is 17.2 Å². The van der Waals surface area contributed by atoms with Crippen molar-refractivity contribution < 1.29 is 22.7 Å². The van der Waals surface area contributed by atoms with Gasteiger partial charge in [-0.25, -0.2) is 0 Å². The first-order valence-electron chi connectivity index (χ1n) is 9.55. The number of carbonyl (C=O) groups is 1. The molecule has 8 heteroatoms. The fourth-order valence-electron chi connectivity index (χ4n) is 4.44. The maximum absolute atomic E-state index is 12.7. The average molecular weight is 395 g/mol. The van der Waals surface area contributed by atoms with E-state index in [0.717, 1.165) is 30.2 Å². The largest absolute Gasteiger partial charge is 0.494 e. The molecule has 1 aliphatic heterocycles. The second-order valence-electron chi connectivity index (χ2n) is 8.07. The maximum Gasteiger partial charge on any atom is 0.401 e. The zero-order valence-corrected chi connectivity index (χ0v) is 15.7. The fraction of sp³-hybridized carbons (Fsp3) is 0.550. The number of hydrogen-bond donors (Lipinski definition) is 2. The van der Waals surface area contributed by atoms with E-state index in [2.05, 4.69) is 10.3 Å². The normalized spacial score (nSPS) is 21.4. The van der Waals surface area contributed by atoms with Crippen LogP contribution < -0.4 is 10.1 Å². The monoisotopic (exact) mass is 395 g/mol. The first-order valence-corrected chi connectivity index (χ1v) is 9.55. The second-order valence-corrected chi connectivity index (χ2v) is 8.07. The molecule has 1 saturated heterocycles. The Labute approximate surface area is 161 Å². The molecule has 2 fully saturated rings. The van der Waals surface area contributed by atoms with E-state index in [1.165, 1.54) is 6.92 Å². The number of hydrogen-bond acceptors (Lipinski definition) is 3. The standard InChI is InChI=1S/C20H24F3N3O2/c1-13(27)25-18-9-24-17-3-2-15(8-16(17)18)28-7-4-14-10-26(12-20(21,22)23)11-19(14)5-6-19/h2-3,8-9,14,24H,4-7,10-12H2,1H3,(H,25,27). The van der Waals surface area contributed by atoms with Gasteiger partial charge in [0.25, 0.3) is 0 Å². The van der Waals surface area contributed by atoms with Crippen molar-refractivity contribution in [3.8, 4) is 5.75 Å². The van der Waals surface area contributed by atoms with Gasteiger partial charge in [-0.05, 0) is 48.8 Å². The van der Waals surface area contributed by atoms with Gasteiger partial charge in [-0.3, -0.25) is 9.69 Å². The van der Waals surface area contributed by atoms with Crippen molar-refractivity contribution in [1.29, 1.82) is 0 Å². The summed E-state index contributed by atoms with van der Waals surface area (Å²) in [6.07, 6.45) is 0.375. The zero-order chi connectivity index (χ0) is 19.9. The van der Waals surface area contributed by atoms with Gasteiger partial charge in [0.05, 0.1) is 18.8 Å². The average Bonchev–Trinajstić information content (AvgIpc) is 3.15. The number of anilines is 1. The van der Waals surface area contributed by atoms with Crippen LogP contribution in [-0.2, 0) is 4.79 Å². The Morgan fingerprint density at radius 3 is 2.86 bits per heavy atom. The molecular weight excluding hydrogens is 371 g/mol. The SMILES string of the molecule is CC(=O)Nc1c[nH]c2ccc(OCCC3CN(CC(F)(F)F)CC34CC4)cc12. The number of carbonyl (C=O) groups excluding carboxylic acids is 1. The van der Waals surface area contributed by atoms with E-state index < -0.39 is 12.7 Å². The lowest BCUT2D eigenvalue weighted by atomic mass is 9.90. The Kier molecular flexibility index (Phi) is 4.77. The Bertz CT molecular complexity index is 873. The van der Waals surface area contributed by atoms with Gasteiger partial charge in [-0.1, -0.05) is 0 Å². The highest BCUT2D eigenvalue weighted by atomic mass is 19.4. The molecule has 1 atom stereocenters.